The fourth-order valence-electron chi connectivity index (χ4n) is 1.85. The molecule has 0 spiro atoms. The van der Waals surface area contributed by atoms with Crippen LogP contribution < -0.4 is 0 Å². The summed E-state index contributed by atoms with van der Waals surface area (Å²) in [4.78, 5) is 18.5. The lowest BCUT2D eigenvalue weighted by Crippen LogP contribution is -2.00. The summed E-state index contributed by atoms with van der Waals surface area (Å²) < 4.78 is 3.39. The average Bonchev–Trinajstić information content (AvgIpc) is 3.11. The van der Waals surface area contributed by atoms with Gasteiger partial charge in [-0.15, -0.1) is 0 Å². The van der Waals surface area contributed by atoms with Gasteiger partial charge in [-0.3, -0.25) is 10.1 Å². The second kappa shape index (κ2) is 4.37. The van der Waals surface area contributed by atoms with Gasteiger partial charge in [-0.2, -0.15) is 0 Å². The van der Waals surface area contributed by atoms with Gasteiger partial charge in [0.05, 0.1) is 17.6 Å². The second-order valence-corrected chi connectivity index (χ2v) is 3.87. The van der Waals surface area contributed by atoms with Crippen molar-refractivity contribution in [1.29, 1.82) is 0 Å². The van der Waals surface area contributed by atoms with Crippen molar-refractivity contribution in [3.05, 3.63) is 65.8 Å². The van der Waals surface area contributed by atoms with Crippen LogP contribution in [0.15, 0.2) is 55.6 Å². The van der Waals surface area contributed by atoms with E-state index in [9.17, 15) is 10.1 Å². The predicted molar refractivity (Wildman–Crippen MR) is 67.3 cm³/mol. The summed E-state index contributed by atoms with van der Waals surface area (Å²) in [6.07, 6.45) is 9.84. The van der Waals surface area contributed by atoms with Gasteiger partial charge in [-0.1, -0.05) is 0 Å². The highest BCUT2D eigenvalue weighted by Gasteiger charge is 2.16. The van der Waals surface area contributed by atoms with Crippen molar-refractivity contribution in [3.8, 4) is 11.4 Å². The monoisotopic (exact) mass is 255 g/mol. The molecule has 0 N–H and O–H groups in total. The van der Waals surface area contributed by atoms with Gasteiger partial charge < -0.3 is 9.13 Å². The van der Waals surface area contributed by atoms with E-state index in [-0.39, 0.29) is 5.69 Å². The molecule has 3 aromatic rings. The van der Waals surface area contributed by atoms with E-state index in [2.05, 4.69) is 9.97 Å². The maximum Gasteiger partial charge on any atom is 0.293 e. The standard InChI is InChI=1S/C12H9N5O2/c18-17(19)11-2-1-10(15-5-3-13-8-15)7-12(11)16-6-4-14-9-16/h1-9H. The number of rotatable bonds is 3. The third-order valence-electron chi connectivity index (χ3n) is 2.74. The van der Waals surface area contributed by atoms with Crippen molar-refractivity contribution in [1.82, 2.24) is 19.1 Å². The zero-order valence-electron chi connectivity index (χ0n) is 9.75. The molecule has 3 rings (SSSR count). The van der Waals surface area contributed by atoms with E-state index in [1.165, 1.54) is 12.4 Å². The molecule has 7 heteroatoms. The SMILES string of the molecule is O=[N+]([O-])c1ccc(-n2ccnc2)cc1-n1ccnc1. The van der Waals surface area contributed by atoms with Crippen molar-refractivity contribution in [2.45, 2.75) is 0 Å². The summed E-state index contributed by atoms with van der Waals surface area (Å²) in [6, 6.07) is 4.88. The molecular weight excluding hydrogens is 246 g/mol. The lowest BCUT2D eigenvalue weighted by molar-refractivity contribution is -0.384. The molecule has 0 aliphatic carbocycles. The number of benzene rings is 1. The highest BCUT2D eigenvalue weighted by atomic mass is 16.6. The molecule has 19 heavy (non-hydrogen) atoms. The Labute approximate surface area is 107 Å². The molecule has 0 saturated heterocycles. The molecule has 0 aliphatic rings. The molecule has 2 heterocycles. The quantitative estimate of drug-likeness (QED) is 0.529. The predicted octanol–water partition coefficient (Wildman–Crippen LogP) is 1.97. The average molecular weight is 255 g/mol. The van der Waals surface area contributed by atoms with Crippen LogP contribution in [-0.2, 0) is 0 Å². The highest BCUT2D eigenvalue weighted by Crippen LogP contribution is 2.25. The Hall–Kier alpha value is -2.96. The summed E-state index contributed by atoms with van der Waals surface area (Å²) in [5.41, 5.74) is 1.29. The molecule has 0 radical (unpaired) electrons. The fourth-order valence-corrected chi connectivity index (χ4v) is 1.85. The van der Waals surface area contributed by atoms with E-state index >= 15 is 0 Å². The first kappa shape index (κ1) is 11.1. The van der Waals surface area contributed by atoms with Crippen molar-refractivity contribution in [2.75, 3.05) is 0 Å². The second-order valence-electron chi connectivity index (χ2n) is 3.87. The van der Waals surface area contributed by atoms with Gasteiger partial charge in [0, 0.05) is 36.5 Å². The van der Waals surface area contributed by atoms with E-state index in [0.717, 1.165) is 5.69 Å². The number of hydrogen-bond donors (Lipinski definition) is 0. The molecule has 2 aromatic heterocycles. The van der Waals surface area contributed by atoms with Crippen LogP contribution in [0.25, 0.3) is 11.4 Å². The first-order valence-corrected chi connectivity index (χ1v) is 5.51. The van der Waals surface area contributed by atoms with E-state index < -0.39 is 4.92 Å². The third-order valence-corrected chi connectivity index (χ3v) is 2.74. The number of nitrogens with zero attached hydrogens (tertiary/aromatic N) is 5. The number of nitro groups is 1. The smallest absolute Gasteiger partial charge is 0.293 e. The van der Waals surface area contributed by atoms with Crippen LogP contribution in [0.1, 0.15) is 0 Å². The largest absolute Gasteiger partial charge is 0.306 e. The Balaban J connectivity index is 2.18. The normalized spacial score (nSPS) is 10.5. The van der Waals surface area contributed by atoms with Gasteiger partial charge in [0.2, 0.25) is 0 Å². The molecule has 0 aliphatic heterocycles. The minimum atomic E-state index is -0.410. The van der Waals surface area contributed by atoms with E-state index in [1.807, 2.05) is 0 Å². The van der Waals surface area contributed by atoms with Gasteiger partial charge in [0.15, 0.2) is 0 Å². The maximum absolute atomic E-state index is 11.1. The molecule has 0 amide bonds. The third kappa shape index (κ3) is 1.97. The van der Waals surface area contributed by atoms with Crippen LogP contribution in [0.5, 0.6) is 0 Å². The number of aromatic nitrogens is 4. The van der Waals surface area contributed by atoms with E-state index in [4.69, 9.17) is 0 Å². The zero-order valence-corrected chi connectivity index (χ0v) is 9.75. The minimum absolute atomic E-state index is 0.0295. The van der Waals surface area contributed by atoms with Crippen molar-refractivity contribution < 1.29 is 4.92 Å². The van der Waals surface area contributed by atoms with Gasteiger partial charge in [0.1, 0.15) is 5.69 Å². The maximum atomic E-state index is 11.1. The Morgan fingerprint density at radius 2 is 1.74 bits per heavy atom. The van der Waals surface area contributed by atoms with E-state index in [1.54, 1.807) is 52.4 Å². The Morgan fingerprint density at radius 3 is 2.32 bits per heavy atom. The molecule has 1 aromatic carbocycles. The van der Waals surface area contributed by atoms with Crippen molar-refractivity contribution >= 4 is 5.69 Å². The molecule has 0 atom stereocenters. The zero-order chi connectivity index (χ0) is 13.2. The first-order chi connectivity index (χ1) is 9.25. The molecule has 0 saturated carbocycles. The first-order valence-electron chi connectivity index (χ1n) is 5.51. The summed E-state index contributed by atoms with van der Waals surface area (Å²) in [5.74, 6) is 0. The van der Waals surface area contributed by atoms with Crippen molar-refractivity contribution in [3.63, 3.8) is 0 Å². The number of imidazole rings is 2. The van der Waals surface area contributed by atoms with Crippen LogP contribution in [0.3, 0.4) is 0 Å². The van der Waals surface area contributed by atoms with Crippen LogP contribution in [0.4, 0.5) is 5.69 Å². The minimum Gasteiger partial charge on any atom is -0.306 e. The lowest BCUT2D eigenvalue weighted by Gasteiger charge is -2.07. The van der Waals surface area contributed by atoms with Crippen LogP contribution in [-0.4, -0.2) is 24.0 Å². The van der Waals surface area contributed by atoms with Gasteiger partial charge in [-0.05, 0) is 12.1 Å². The molecule has 7 nitrogen and oxygen atoms in total. The van der Waals surface area contributed by atoms with Crippen LogP contribution in [0.2, 0.25) is 0 Å². The fraction of sp³-hybridized carbons (Fsp3) is 0. The highest BCUT2D eigenvalue weighted by molar-refractivity contribution is 5.57. The van der Waals surface area contributed by atoms with Crippen molar-refractivity contribution in [2.24, 2.45) is 0 Å². The number of hydrogen-bond acceptors (Lipinski definition) is 4. The molecule has 0 unspecified atom stereocenters. The lowest BCUT2D eigenvalue weighted by atomic mass is 10.2. The molecule has 94 valence electrons. The van der Waals surface area contributed by atoms with Gasteiger partial charge in [0.25, 0.3) is 5.69 Å². The number of nitro benzene ring substituents is 1. The van der Waals surface area contributed by atoms with E-state index in [0.29, 0.717) is 5.69 Å². The summed E-state index contributed by atoms with van der Waals surface area (Å²) >= 11 is 0. The Kier molecular flexibility index (Phi) is 2.57. The Bertz CT molecular complexity index is 704. The van der Waals surface area contributed by atoms with Gasteiger partial charge in [-0.25, -0.2) is 9.97 Å². The molecule has 0 bridgehead atoms. The molecular formula is C12H9N5O2. The van der Waals surface area contributed by atoms with Crippen LogP contribution >= 0.6 is 0 Å². The van der Waals surface area contributed by atoms with Gasteiger partial charge >= 0.3 is 0 Å². The summed E-state index contributed by atoms with van der Waals surface area (Å²) in [7, 11) is 0. The Morgan fingerprint density at radius 1 is 1.05 bits per heavy atom. The summed E-state index contributed by atoms with van der Waals surface area (Å²) in [5, 5.41) is 11.1. The van der Waals surface area contributed by atoms with Crippen LogP contribution in [0, 0.1) is 10.1 Å². The summed E-state index contributed by atoms with van der Waals surface area (Å²) in [6.45, 7) is 0. The molecule has 0 fully saturated rings. The topological polar surface area (TPSA) is 78.8 Å².